The Labute approximate surface area is 103 Å². The van der Waals surface area contributed by atoms with Gasteiger partial charge >= 0.3 is 0 Å². The highest BCUT2D eigenvalue weighted by atomic mass is 79.9. The van der Waals surface area contributed by atoms with Crippen LogP contribution in [0.5, 0.6) is 0 Å². The lowest BCUT2D eigenvalue weighted by atomic mass is 10.2. The Morgan fingerprint density at radius 1 is 1.56 bits per heavy atom. The highest BCUT2D eigenvalue weighted by Gasteiger charge is 2.03. The fourth-order valence-electron chi connectivity index (χ4n) is 1.18. The first-order valence-electron chi connectivity index (χ1n) is 4.77. The lowest BCUT2D eigenvalue weighted by molar-refractivity contribution is -0.119. The first-order valence-corrected chi connectivity index (χ1v) is 5.57. The predicted molar refractivity (Wildman–Crippen MR) is 66.0 cm³/mol. The summed E-state index contributed by atoms with van der Waals surface area (Å²) in [5.74, 6) is -0.194. The van der Waals surface area contributed by atoms with E-state index >= 15 is 0 Å². The molecule has 0 aliphatic heterocycles. The molecule has 1 rings (SSSR count). The van der Waals surface area contributed by atoms with Gasteiger partial charge in [-0.05, 0) is 24.6 Å². The van der Waals surface area contributed by atoms with E-state index in [2.05, 4.69) is 26.6 Å². The second kappa shape index (κ2) is 6.13. The number of nitriles is 1. The Kier molecular flexibility index (Phi) is 4.80. The van der Waals surface area contributed by atoms with E-state index in [1.165, 1.54) is 0 Å². The number of rotatable bonds is 4. The van der Waals surface area contributed by atoms with Gasteiger partial charge in [-0.25, -0.2) is 0 Å². The Balaban J connectivity index is 2.52. The second-order valence-corrected chi connectivity index (χ2v) is 4.06. The number of anilines is 1. The van der Waals surface area contributed by atoms with E-state index in [0.717, 1.165) is 15.7 Å². The first-order chi connectivity index (χ1) is 7.65. The van der Waals surface area contributed by atoms with Crippen molar-refractivity contribution in [1.29, 1.82) is 5.26 Å². The molecular weight excluding hydrogens is 270 g/mol. The van der Waals surface area contributed by atoms with Crippen LogP contribution in [-0.2, 0) is 4.79 Å². The number of amides is 1. The van der Waals surface area contributed by atoms with Gasteiger partial charge in [0.2, 0.25) is 5.91 Å². The summed E-state index contributed by atoms with van der Waals surface area (Å²) in [6, 6.07) is 7.59. The molecule has 16 heavy (non-hydrogen) atoms. The van der Waals surface area contributed by atoms with Gasteiger partial charge in [0.15, 0.2) is 0 Å². The molecular formula is C11H12BrN3O. The minimum Gasteiger partial charge on any atom is -0.376 e. The fourth-order valence-corrected chi connectivity index (χ4v) is 1.54. The van der Waals surface area contributed by atoms with Gasteiger partial charge in [-0.1, -0.05) is 22.0 Å². The van der Waals surface area contributed by atoms with Crippen LogP contribution in [0.1, 0.15) is 5.56 Å². The van der Waals surface area contributed by atoms with Gasteiger partial charge in [-0.15, -0.1) is 0 Å². The van der Waals surface area contributed by atoms with Gasteiger partial charge in [0.05, 0.1) is 12.6 Å². The van der Waals surface area contributed by atoms with Crippen LogP contribution in [0.15, 0.2) is 22.7 Å². The molecule has 0 aliphatic carbocycles. The number of halogens is 1. The van der Waals surface area contributed by atoms with Crippen LogP contribution in [0.3, 0.4) is 0 Å². The summed E-state index contributed by atoms with van der Waals surface area (Å²) >= 11 is 3.41. The van der Waals surface area contributed by atoms with Crippen molar-refractivity contribution < 1.29 is 4.79 Å². The van der Waals surface area contributed by atoms with Crippen molar-refractivity contribution in [3.8, 4) is 6.07 Å². The first kappa shape index (κ1) is 12.5. The molecule has 0 spiro atoms. The Morgan fingerprint density at radius 3 is 3.00 bits per heavy atom. The minimum atomic E-state index is -0.194. The molecule has 0 aliphatic rings. The number of hydrogen-bond donors (Lipinski definition) is 2. The van der Waals surface area contributed by atoms with E-state index in [4.69, 9.17) is 5.26 Å². The van der Waals surface area contributed by atoms with Crippen LogP contribution in [-0.4, -0.2) is 19.0 Å². The van der Waals surface area contributed by atoms with Crippen LogP contribution < -0.4 is 10.6 Å². The number of carbonyl (C=O) groups excluding carboxylic acids is 1. The Bertz CT molecular complexity index is 426. The molecule has 0 heterocycles. The largest absolute Gasteiger partial charge is 0.376 e. The molecule has 0 atom stereocenters. The molecule has 1 aromatic rings. The topological polar surface area (TPSA) is 64.9 Å². The predicted octanol–water partition coefficient (Wildman–Crippen LogP) is 1.81. The summed E-state index contributed by atoms with van der Waals surface area (Å²) in [6.45, 7) is 2.16. The van der Waals surface area contributed by atoms with Gasteiger partial charge in [0, 0.05) is 10.2 Å². The molecule has 1 aromatic carbocycles. The third-order valence-corrected chi connectivity index (χ3v) is 2.93. The normalized spacial score (nSPS) is 9.31. The van der Waals surface area contributed by atoms with E-state index in [1.54, 1.807) is 0 Å². The Hall–Kier alpha value is -1.54. The van der Waals surface area contributed by atoms with Gasteiger partial charge < -0.3 is 10.6 Å². The maximum absolute atomic E-state index is 11.2. The summed E-state index contributed by atoms with van der Waals surface area (Å²) in [7, 11) is 0. The number of carbonyl (C=O) groups is 1. The van der Waals surface area contributed by atoms with Crippen molar-refractivity contribution in [3.05, 3.63) is 28.2 Å². The smallest absolute Gasteiger partial charge is 0.240 e. The van der Waals surface area contributed by atoms with Crippen LogP contribution in [0.25, 0.3) is 0 Å². The molecule has 0 saturated carbocycles. The molecule has 0 fully saturated rings. The summed E-state index contributed by atoms with van der Waals surface area (Å²) in [5.41, 5.74) is 1.96. The zero-order valence-electron chi connectivity index (χ0n) is 8.88. The van der Waals surface area contributed by atoms with Gasteiger partial charge in [-0.2, -0.15) is 5.26 Å². The number of hydrogen-bond acceptors (Lipinski definition) is 3. The molecule has 2 N–H and O–H groups in total. The van der Waals surface area contributed by atoms with Gasteiger partial charge in [0.1, 0.15) is 6.54 Å². The van der Waals surface area contributed by atoms with E-state index in [9.17, 15) is 4.79 Å². The summed E-state index contributed by atoms with van der Waals surface area (Å²) in [4.78, 5) is 11.2. The highest BCUT2D eigenvalue weighted by molar-refractivity contribution is 9.10. The fraction of sp³-hybridized carbons (Fsp3) is 0.273. The zero-order chi connectivity index (χ0) is 12.0. The lowest BCUT2D eigenvalue weighted by Gasteiger charge is -2.09. The SMILES string of the molecule is Cc1c(Br)cccc1NCC(=O)NCC#N. The van der Waals surface area contributed by atoms with Crippen molar-refractivity contribution in [2.75, 3.05) is 18.4 Å². The van der Waals surface area contributed by atoms with Crippen LogP contribution in [0.2, 0.25) is 0 Å². The molecule has 0 unspecified atom stereocenters. The Morgan fingerprint density at radius 2 is 2.31 bits per heavy atom. The maximum Gasteiger partial charge on any atom is 0.240 e. The van der Waals surface area contributed by atoms with Gasteiger partial charge in [-0.3, -0.25) is 4.79 Å². The van der Waals surface area contributed by atoms with Crippen molar-refractivity contribution >= 4 is 27.5 Å². The monoisotopic (exact) mass is 281 g/mol. The standard InChI is InChI=1S/C11H12BrN3O/c1-8-9(12)3-2-4-10(8)15-7-11(16)14-6-5-13/h2-4,15H,6-7H2,1H3,(H,14,16). The van der Waals surface area contributed by atoms with Crippen LogP contribution in [0.4, 0.5) is 5.69 Å². The molecule has 84 valence electrons. The molecule has 0 aromatic heterocycles. The van der Waals surface area contributed by atoms with Crippen LogP contribution >= 0.6 is 15.9 Å². The maximum atomic E-state index is 11.2. The summed E-state index contributed by atoms with van der Waals surface area (Å²) < 4.78 is 0.995. The quantitative estimate of drug-likeness (QED) is 0.828. The van der Waals surface area contributed by atoms with Crippen molar-refractivity contribution in [1.82, 2.24) is 5.32 Å². The average Bonchev–Trinajstić information content (AvgIpc) is 2.28. The van der Waals surface area contributed by atoms with E-state index < -0.39 is 0 Å². The van der Waals surface area contributed by atoms with Crippen LogP contribution in [0, 0.1) is 18.3 Å². The second-order valence-electron chi connectivity index (χ2n) is 3.20. The van der Waals surface area contributed by atoms with Crippen molar-refractivity contribution in [2.24, 2.45) is 0 Å². The molecule has 0 bridgehead atoms. The molecule has 0 radical (unpaired) electrons. The number of nitrogens with zero attached hydrogens (tertiary/aromatic N) is 1. The average molecular weight is 282 g/mol. The molecule has 4 nitrogen and oxygen atoms in total. The highest BCUT2D eigenvalue weighted by Crippen LogP contribution is 2.22. The number of nitrogens with one attached hydrogen (secondary N) is 2. The third kappa shape index (κ3) is 3.55. The molecule has 5 heteroatoms. The van der Waals surface area contributed by atoms with Crippen molar-refractivity contribution in [3.63, 3.8) is 0 Å². The lowest BCUT2D eigenvalue weighted by Crippen LogP contribution is -2.30. The molecule has 0 saturated heterocycles. The summed E-state index contributed by atoms with van der Waals surface area (Å²) in [5, 5.41) is 13.8. The third-order valence-electron chi connectivity index (χ3n) is 2.07. The van der Waals surface area contributed by atoms with Gasteiger partial charge in [0.25, 0.3) is 0 Å². The molecule has 1 amide bonds. The zero-order valence-corrected chi connectivity index (χ0v) is 10.5. The summed E-state index contributed by atoms with van der Waals surface area (Å²) in [6.07, 6.45) is 0. The van der Waals surface area contributed by atoms with E-state index in [1.807, 2.05) is 31.2 Å². The minimum absolute atomic E-state index is 0.0397. The van der Waals surface area contributed by atoms with E-state index in [0.29, 0.717) is 0 Å². The van der Waals surface area contributed by atoms with E-state index in [-0.39, 0.29) is 19.0 Å². The van der Waals surface area contributed by atoms with Crippen molar-refractivity contribution in [2.45, 2.75) is 6.92 Å². The number of benzene rings is 1.